The highest BCUT2D eigenvalue weighted by Gasteiger charge is 2.25. The summed E-state index contributed by atoms with van der Waals surface area (Å²) in [4.78, 5) is 4.73. The summed E-state index contributed by atoms with van der Waals surface area (Å²) in [5.74, 6) is 0. The van der Waals surface area contributed by atoms with Gasteiger partial charge in [-0.3, -0.25) is 0 Å². The van der Waals surface area contributed by atoms with Crippen LogP contribution in [0.3, 0.4) is 0 Å². The van der Waals surface area contributed by atoms with E-state index in [1.54, 1.807) is 0 Å². The Hall–Kier alpha value is -1.26. The second-order valence-corrected chi connectivity index (χ2v) is 6.20. The molecule has 1 fully saturated rings. The van der Waals surface area contributed by atoms with Crippen LogP contribution in [0.5, 0.6) is 0 Å². The van der Waals surface area contributed by atoms with Crippen LogP contribution in [-0.2, 0) is 0 Å². The Labute approximate surface area is 135 Å². The third-order valence-electron chi connectivity index (χ3n) is 4.52. The molecule has 0 radical (unpaired) electrons. The molecule has 0 amide bonds. The van der Waals surface area contributed by atoms with Crippen molar-refractivity contribution in [3.05, 3.63) is 36.2 Å². The van der Waals surface area contributed by atoms with Gasteiger partial charge in [-0.25, -0.2) is 0 Å². The van der Waals surface area contributed by atoms with Gasteiger partial charge >= 0.3 is 0 Å². The zero-order chi connectivity index (χ0) is 15.8. The number of nitrogens with one attached hydrogen (secondary N) is 2. The molecule has 4 nitrogen and oxygen atoms in total. The Morgan fingerprint density at radius 3 is 2.91 bits per heavy atom. The van der Waals surface area contributed by atoms with Gasteiger partial charge in [0.2, 0.25) is 0 Å². The molecular weight excluding hydrogens is 272 g/mol. The van der Waals surface area contributed by atoms with E-state index in [-0.39, 0.29) is 0 Å². The molecule has 2 heterocycles. The summed E-state index contributed by atoms with van der Waals surface area (Å²) < 4.78 is 0. The lowest BCUT2D eigenvalue weighted by Gasteiger charge is -2.38. The van der Waals surface area contributed by atoms with Crippen LogP contribution in [0.2, 0.25) is 0 Å². The maximum atomic E-state index is 4.37. The van der Waals surface area contributed by atoms with E-state index in [1.165, 1.54) is 11.3 Å². The Balaban J connectivity index is 1.88. The van der Waals surface area contributed by atoms with Crippen molar-refractivity contribution in [1.82, 2.24) is 20.4 Å². The number of hydrogen-bond acceptors (Lipinski definition) is 4. The van der Waals surface area contributed by atoms with E-state index in [0.29, 0.717) is 6.04 Å². The molecular formula is C18H32N4. The third-order valence-corrected chi connectivity index (χ3v) is 4.52. The molecule has 2 N–H and O–H groups in total. The van der Waals surface area contributed by atoms with Crippen molar-refractivity contribution in [3.63, 3.8) is 0 Å². The average molecular weight is 304 g/mol. The summed E-state index contributed by atoms with van der Waals surface area (Å²) in [5.41, 5.74) is 2.76. The zero-order valence-corrected chi connectivity index (χ0v) is 14.3. The highest BCUT2D eigenvalue weighted by molar-refractivity contribution is 5.26. The van der Waals surface area contributed by atoms with E-state index < -0.39 is 0 Å². The van der Waals surface area contributed by atoms with E-state index in [4.69, 9.17) is 0 Å². The third kappa shape index (κ3) is 4.89. The van der Waals surface area contributed by atoms with Crippen LogP contribution >= 0.6 is 0 Å². The minimum Gasteiger partial charge on any atom is -0.381 e. The summed E-state index contributed by atoms with van der Waals surface area (Å²) >= 11 is 0. The lowest BCUT2D eigenvalue weighted by molar-refractivity contribution is 0.273. The summed E-state index contributed by atoms with van der Waals surface area (Å²) in [6.07, 6.45) is 10.1. The highest BCUT2D eigenvalue weighted by atomic mass is 15.2. The van der Waals surface area contributed by atoms with Crippen LogP contribution in [-0.4, -0.2) is 62.2 Å². The van der Waals surface area contributed by atoms with Crippen LogP contribution in [0.25, 0.3) is 0 Å². The number of nitrogens with zero attached hydrogens (tertiary/aromatic N) is 2. The van der Waals surface area contributed by atoms with E-state index in [1.807, 2.05) is 0 Å². The Kier molecular flexibility index (Phi) is 7.00. The van der Waals surface area contributed by atoms with Gasteiger partial charge in [-0.2, -0.15) is 0 Å². The number of hydrogen-bond donors (Lipinski definition) is 2. The smallest absolute Gasteiger partial charge is 0.0681 e. The van der Waals surface area contributed by atoms with Crippen molar-refractivity contribution in [2.45, 2.75) is 32.2 Å². The van der Waals surface area contributed by atoms with Gasteiger partial charge in [0.1, 0.15) is 0 Å². The molecule has 4 heteroatoms. The second kappa shape index (κ2) is 9.01. The molecule has 1 unspecified atom stereocenters. The predicted octanol–water partition coefficient (Wildman–Crippen LogP) is 1.94. The number of piperazine rings is 1. The van der Waals surface area contributed by atoms with Gasteiger partial charge < -0.3 is 20.4 Å². The average Bonchev–Trinajstić information content (AvgIpc) is 2.59. The summed E-state index contributed by atoms with van der Waals surface area (Å²) in [6.45, 7) is 13.0. The molecule has 2 aliphatic heterocycles. The quantitative estimate of drug-likeness (QED) is 0.704. The molecule has 0 aliphatic carbocycles. The molecule has 2 rings (SSSR count). The van der Waals surface area contributed by atoms with Gasteiger partial charge in [-0.1, -0.05) is 24.3 Å². The zero-order valence-electron chi connectivity index (χ0n) is 14.3. The second-order valence-electron chi connectivity index (χ2n) is 6.20. The molecule has 0 aromatic heterocycles. The fourth-order valence-electron chi connectivity index (χ4n) is 3.03. The normalized spacial score (nSPS) is 22.7. The van der Waals surface area contributed by atoms with Crippen molar-refractivity contribution in [2.24, 2.45) is 0 Å². The summed E-state index contributed by atoms with van der Waals surface area (Å²) in [5, 5.41) is 7.09. The number of rotatable bonds is 7. The minimum absolute atomic E-state index is 0.337. The molecule has 0 spiro atoms. The molecule has 1 atom stereocenters. The van der Waals surface area contributed by atoms with E-state index in [0.717, 1.165) is 58.5 Å². The fourth-order valence-corrected chi connectivity index (χ4v) is 3.03. The van der Waals surface area contributed by atoms with Gasteiger partial charge in [0, 0.05) is 45.5 Å². The lowest BCUT2D eigenvalue weighted by atomic mass is 9.96. The summed E-state index contributed by atoms with van der Waals surface area (Å²) in [6, 6.07) is 0.337. The monoisotopic (exact) mass is 304 g/mol. The Bertz CT molecular complexity index is 407. The van der Waals surface area contributed by atoms with Crippen molar-refractivity contribution in [1.29, 1.82) is 0 Å². The standard InChI is InChI=1S/C18H32N4/c1-4-21(3)13-6-5-8-16(2)18-17(9-7-10-20-18)22-14-11-19-12-15-22/h6,9,13,18-20H,2,4-5,7-8,10-12,14-15H2,1,3H3/b13-6-. The van der Waals surface area contributed by atoms with Gasteiger partial charge in [-0.15, -0.1) is 0 Å². The first-order valence-electron chi connectivity index (χ1n) is 8.66. The number of allylic oxidation sites excluding steroid dienone is 1. The van der Waals surface area contributed by atoms with Crippen LogP contribution in [0, 0.1) is 0 Å². The molecule has 0 aromatic carbocycles. The van der Waals surface area contributed by atoms with Crippen LogP contribution < -0.4 is 10.6 Å². The van der Waals surface area contributed by atoms with Crippen molar-refractivity contribution < 1.29 is 0 Å². The van der Waals surface area contributed by atoms with Crippen LogP contribution in [0.4, 0.5) is 0 Å². The maximum absolute atomic E-state index is 4.37. The van der Waals surface area contributed by atoms with Gasteiger partial charge in [0.05, 0.1) is 6.04 Å². The van der Waals surface area contributed by atoms with Gasteiger partial charge in [0.15, 0.2) is 0 Å². The SMILES string of the molecule is C=C(CC/C=C\N(C)CC)C1NCCC=C1N1CCNCC1. The predicted molar refractivity (Wildman–Crippen MR) is 94.8 cm³/mol. The minimum atomic E-state index is 0.337. The first-order valence-corrected chi connectivity index (χ1v) is 8.66. The largest absolute Gasteiger partial charge is 0.381 e. The first-order chi connectivity index (χ1) is 10.7. The molecule has 0 bridgehead atoms. The van der Waals surface area contributed by atoms with Crippen molar-refractivity contribution >= 4 is 0 Å². The summed E-state index contributed by atoms with van der Waals surface area (Å²) in [7, 11) is 2.11. The first kappa shape index (κ1) is 17.1. The van der Waals surface area contributed by atoms with E-state index in [2.05, 4.69) is 59.3 Å². The molecule has 124 valence electrons. The Morgan fingerprint density at radius 2 is 2.18 bits per heavy atom. The lowest BCUT2D eigenvalue weighted by Crippen LogP contribution is -2.49. The maximum Gasteiger partial charge on any atom is 0.0681 e. The van der Waals surface area contributed by atoms with E-state index >= 15 is 0 Å². The molecule has 1 saturated heterocycles. The Morgan fingerprint density at radius 1 is 1.41 bits per heavy atom. The van der Waals surface area contributed by atoms with Crippen LogP contribution in [0.15, 0.2) is 36.2 Å². The van der Waals surface area contributed by atoms with Gasteiger partial charge in [0.25, 0.3) is 0 Å². The molecule has 2 aliphatic rings. The molecule has 22 heavy (non-hydrogen) atoms. The topological polar surface area (TPSA) is 30.5 Å². The molecule has 0 aromatic rings. The van der Waals surface area contributed by atoms with Crippen LogP contribution in [0.1, 0.15) is 26.2 Å². The van der Waals surface area contributed by atoms with Gasteiger partial charge in [-0.05, 0) is 38.9 Å². The highest BCUT2D eigenvalue weighted by Crippen LogP contribution is 2.22. The van der Waals surface area contributed by atoms with Crippen molar-refractivity contribution in [2.75, 3.05) is 46.3 Å². The fraction of sp³-hybridized carbons (Fsp3) is 0.667. The van der Waals surface area contributed by atoms with E-state index in [9.17, 15) is 0 Å². The van der Waals surface area contributed by atoms with Crippen molar-refractivity contribution in [3.8, 4) is 0 Å². The molecule has 0 saturated carbocycles.